The summed E-state index contributed by atoms with van der Waals surface area (Å²) in [6, 6.07) is 17.9. The first-order chi connectivity index (χ1) is 16.1. The maximum Gasteiger partial charge on any atom is 0.268 e. The topological polar surface area (TPSA) is 85.7 Å². The summed E-state index contributed by atoms with van der Waals surface area (Å²) in [5, 5.41) is 11.4. The second kappa shape index (κ2) is 9.21. The van der Waals surface area contributed by atoms with Crippen LogP contribution in [0.5, 0.6) is 5.75 Å². The van der Waals surface area contributed by atoms with Crippen LogP contribution in [0.3, 0.4) is 0 Å². The lowest BCUT2D eigenvalue weighted by Crippen LogP contribution is -2.10. The first-order valence-corrected chi connectivity index (χ1v) is 12.2. The third kappa shape index (κ3) is 4.42. The first-order valence-electron chi connectivity index (χ1n) is 10.4. The summed E-state index contributed by atoms with van der Waals surface area (Å²) in [7, 11) is 0. The van der Waals surface area contributed by atoms with E-state index in [4.69, 9.17) is 4.74 Å². The number of hydrogen-bond donors (Lipinski definition) is 1. The molecule has 0 unspecified atom stereocenters. The highest BCUT2D eigenvalue weighted by atomic mass is 32.2. The monoisotopic (exact) mass is 475 g/mol. The van der Waals surface area contributed by atoms with E-state index in [0.717, 1.165) is 22.6 Å². The molecule has 0 saturated carbocycles. The third-order valence-corrected chi connectivity index (χ3v) is 7.01. The molecule has 0 radical (unpaired) electrons. The van der Waals surface area contributed by atoms with E-state index in [9.17, 15) is 4.79 Å². The molecule has 0 bridgehead atoms. The van der Waals surface area contributed by atoms with Crippen molar-refractivity contribution < 1.29 is 4.74 Å². The van der Waals surface area contributed by atoms with Crippen LogP contribution in [0.4, 0.5) is 0 Å². The number of thiophene rings is 1. The van der Waals surface area contributed by atoms with E-state index in [2.05, 4.69) is 20.2 Å². The molecule has 5 rings (SSSR count). The van der Waals surface area contributed by atoms with Crippen LogP contribution in [-0.2, 0) is 12.4 Å². The van der Waals surface area contributed by atoms with Gasteiger partial charge in [-0.3, -0.25) is 9.36 Å². The van der Waals surface area contributed by atoms with Crippen molar-refractivity contribution in [2.75, 3.05) is 0 Å². The second-order valence-corrected chi connectivity index (χ2v) is 9.37. The van der Waals surface area contributed by atoms with Gasteiger partial charge in [0.25, 0.3) is 5.56 Å². The zero-order chi connectivity index (χ0) is 22.8. The maximum atomic E-state index is 12.3. The Bertz CT molecular complexity index is 1450. The molecule has 9 heteroatoms. The number of ether oxygens (including phenoxy) is 1. The lowest BCUT2D eigenvalue weighted by Gasteiger charge is -2.13. The van der Waals surface area contributed by atoms with Crippen molar-refractivity contribution in [1.82, 2.24) is 24.7 Å². The quantitative estimate of drug-likeness (QED) is 0.332. The van der Waals surface area contributed by atoms with Crippen molar-refractivity contribution in [2.24, 2.45) is 0 Å². The standard InChI is InChI=1S/C24H21N5O2S2/c1-15-7-6-8-16(2)21(15)31-13-20-27-28-24(29(20)17-9-4-3-5-10-17)33-14-19-25-18-11-12-32-22(18)23(30)26-19/h3-12H,13-14H2,1-2H3,(H,25,26,30). The van der Waals surface area contributed by atoms with Gasteiger partial charge in [-0.2, -0.15) is 0 Å². The highest BCUT2D eigenvalue weighted by Gasteiger charge is 2.17. The molecule has 166 valence electrons. The van der Waals surface area contributed by atoms with Crippen molar-refractivity contribution in [3.05, 3.63) is 93.1 Å². The molecule has 0 fully saturated rings. The molecule has 33 heavy (non-hydrogen) atoms. The van der Waals surface area contributed by atoms with Crippen LogP contribution in [0.2, 0.25) is 0 Å². The van der Waals surface area contributed by atoms with Crippen LogP contribution in [0.15, 0.2) is 69.9 Å². The van der Waals surface area contributed by atoms with E-state index < -0.39 is 0 Å². The molecule has 0 saturated heterocycles. The van der Waals surface area contributed by atoms with Crippen molar-refractivity contribution >= 4 is 33.3 Å². The Kier molecular flexibility index (Phi) is 5.97. The Hall–Kier alpha value is -3.43. The Labute approximate surface area is 198 Å². The van der Waals surface area contributed by atoms with Gasteiger partial charge in [-0.15, -0.1) is 21.5 Å². The SMILES string of the molecule is Cc1cccc(C)c1OCc1nnc(SCc2nc3ccsc3c(=O)[nH]2)n1-c1ccccc1. The lowest BCUT2D eigenvalue weighted by atomic mass is 10.1. The number of nitrogens with zero attached hydrogens (tertiary/aromatic N) is 4. The molecule has 0 aliphatic rings. The van der Waals surface area contributed by atoms with Gasteiger partial charge in [0, 0.05) is 5.69 Å². The van der Waals surface area contributed by atoms with E-state index >= 15 is 0 Å². The molecule has 0 atom stereocenters. The molecule has 0 spiro atoms. The summed E-state index contributed by atoms with van der Waals surface area (Å²) < 4.78 is 8.78. The minimum Gasteiger partial charge on any atom is -0.485 e. The van der Waals surface area contributed by atoms with Crippen LogP contribution in [-0.4, -0.2) is 24.7 Å². The molecule has 0 amide bonds. The fourth-order valence-corrected chi connectivity index (χ4v) is 5.18. The number of hydrogen-bond acceptors (Lipinski definition) is 7. The molecule has 7 nitrogen and oxygen atoms in total. The van der Waals surface area contributed by atoms with Gasteiger partial charge in [0.15, 0.2) is 11.0 Å². The van der Waals surface area contributed by atoms with Crippen LogP contribution >= 0.6 is 23.1 Å². The Morgan fingerprint density at radius 2 is 1.82 bits per heavy atom. The van der Waals surface area contributed by atoms with Crippen LogP contribution in [0.1, 0.15) is 22.8 Å². The number of aryl methyl sites for hydroxylation is 2. The average molecular weight is 476 g/mol. The number of rotatable bonds is 7. The number of aromatic amines is 1. The summed E-state index contributed by atoms with van der Waals surface area (Å²) in [5.41, 5.74) is 3.70. The molecular formula is C24H21N5O2S2. The smallest absolute Gasteiger partial charge is 0.268 e. The van der Waals surface area contributed by atoms with Gasteiger partial charge in [0.05, 0.1) is 11.3 Å². The van der Waals surface area contributed by atoms with Crippen LogP contribution in [0, 0.1) is 13.8 Å². The number of aromatic nitrogens is 5. The van der Waals surface area contributed by atoms with Gasteiger partial charge >= 0.3 is 0 Å². The second-order valence-electron chi connectivity index (χ2n) is 7.52. The number of nitrogens with one attached hydrogen (secondary N) is 1. The van der Waals surface area contributed by atoms with Crippen molar-refractivity contribution in [3.63, 3.8) is 0 Å². The molecular weight excluding hydrogens is 454 g/mol. The van der Waals surface area contributed by atoms with Crippen LogP contribution < -0.4 is 10.3 Å². The Morgan fingerprint density at radius 1 is 1.03 bits per heavy atom. The van der Waals surface area contributed by atoms with Gasteiger partial charge in [-0.05, 0) is 48.6 Å². The molecule has 3 aromatic heterocycles. The molecule has 0 aliphatic carbocycles. The third-order valence-electron chi connectivity index (χ3n) is 5.17. The Morgan fingerprint density at radius 3 is 2.61 bits per heavy atom. The minimum atomic E-state index is -0.113. The zero-order valence-corrected chi connectivity index (χ0v) is 19.7. The maximum absolute atomic E-state index is 12.3. The van der Waals surface area contributed by atoms with Gasteiger partial charge in [-0.1, -0.05) is 48.2 Å². The minimum absolute atomic E-state index is 0.113. The Balaban J connectivity index is 1.43. The molecule has 2 aromatic carbocycles. The normalized spacial score (nSPS) is 11.2. The van der Waals surface area contributed by atoms with Crippen molar-refractivity contribution in [2.45, 2.75) is 31.4 Å². The molecule has 3 heterocycles. The summed E-state index contributed by atoms with van der Waals surface area (Å²) in [6.07, 6.45) is 0. The summed E-state index contributed by atoms with van der Waals surface area (Å²) in [5.74, 6) is 2.62. The highest BCUT2D eigenvalue weighted by molar-refractivity contribution is 7.98. The van der Waals surface area contributed by atoms with E-state index in [1.807, 2.05) is 78.4 Å². The van der Waals surface area contributed by atoms with E-state index in [1.54, 1.807) is 0 Å². The summed E-state index contributed by atoms with van der Waals surface area (Å²) >= 11 is 2.86. The predicted octanol–water partition coefficient (Wildman–Crippen LogP) is 5.05. The van der Waals surface area contributed by atoms with E-state index in [1.165, 1.54) is 23.1 Å². The largest absolute Gasteiger partial charge is 0.485 e. The zero-order valence-electron chi connectivity index (χ0n) is 18.1. The number of thioether (sulfide) groups is 1. The van der Waals surface area contributed by atoms with E-state index in [0.29, 0.717) is 32.8 Å². The van der Waals surface area contributed by atoms with Crippen molar-refractivity contribution in [3.8, 4) is 11.4 Å². The highest BCUT2D eigenvalue weighted by Crippen LogP contribution is 2.27. The van der Waals surface area contributed by atoms with Gasteiger partial charge in [-0.25, -0.2) is 4.98 Å². The fraction of sp³-hybridized carbons (Fsp3) is 0.167. The fourth-order valence-electron chi connectivity index (χ4n) is 3.61. The number of H-pyrrole nitrogens is 1. The van der Waals surface area contributed by atoms with Crippen molar-refractivity contribution in [1.29, 1.82) is 0 Å². The lowest BCUT2D eigenvalue weighted by molar-refractivity contribution is 0.289. The van der Waals surface area contributed by atoms with Gasteiger partial charge in [0.1, 0.15) is 22.9 Å². The summed E-state index contributed by atoms with van der Waals surface area (Å²) in [6.45, 7) is 4.34. The number of para-hydroxylation sites is 2. The van der Waals surface area contributed by atoms with Gasteiger partial charge in [0.2, 0.25) is 0 Å². The predicted molar refractivity (Wildman–Crippen MR) is 131 cm³/mol. The van der Waals surface area contributed by atoms with Gasteiger partial charge < -0.3 is 9.72 Å². The van der Waals surface area contributed by atoms with Crippen LogP contribution in [0.25, 0.3) is 15.9 Å². The average Bonchev–Trinajstić information content (AvgIpc) is 3.45. The molecule has 1 N–H and O–H groups in total. The molecule has 0 aliphatic heterocycles. The molecule has 5 aromatic rings. The summed E-state index contributed by atoms with van der Waals surface area (Å²) in [4.78, 5) is 19.7. The number of benzene rings is 2. The van der Waals surface area contributed by atoms with E-state index in [-0.39, 0.29) is 12.2 Å². The number of fused-ring (bicyclic) bond motifs is 1. The first kappa shape index (κ1) is 21.4.